The third-order valence-corrected chi connectivity index (χ3v) is 6.37. The van der Waals surface area contributed by atoms with E-state index in [0.29, 0.717) is 28.6 Å². The van der Waals surface area contributed by atoms with Crippen molar-refractivity contribution in [1.82, 2.24) is 5.32 Å². The highest BCUT2D eigenvalue weighted by Gasteiger charge is 2.37. The van der Waals surface area contributed by atoms with Gasteiger partial charge in [-0.15, -0.1) is 0 Å². The summed E-state index contributed by atoms with van der Waals surface area (Å²) in [5, 5.41) is 2.56. The van der Waals surface area contributed by atoms with Crippen LogP contribution in [0.4, 0.5) is 10.5 Å². The number of nitrogens with one attached hydrogen (secondary N) is 1. The van der Waals surface area contributed by atoms with Gasteiger partial charge < -0.3 is 4.74 Å². The Labute approximate surface area is 210 Å². The Balaban J connectivity index is 1.59. The van der Waals surface area contributed by atoms with Gasteiger partial charge in [-0.25, -0.2) is 9.69 Å². The van der Waals surface area contributed by atoms with Gasteiger partial charge in [0.15, 0.2) is 0 Å². The molecule has 3 aromatic carbocycles. The summed E-state index contributed by atoms with van der Waals surface area (Å²) < 4.78 is 6.75. The molecule has 0 aliphatic carbocycles. The van der Waals surface area contributed by atoms with Crippen LogP contribution in [-0.2, 0) is 16.2 Å². The Morgan fingerprint density at radius 1 is 1.03 bits per heavy atom. The molecule has 3 aromatic rings. The lowest BCUT2D eigenvalue weighted by atomic mass is 10.0. The maximum absolute atomic E-state index is 13.1. The molecule has 1 aliphatic rings. The van der Waals surface area contributed by atoms with Crippen LogP contribution in [0.3, 0.4) is 0 Å². The number of benzene rings is 3. The van der Waals surface area contributed by atoms with Gasteiger partial charge in [-0.05, 0) is 55.3 Å². The van der Waals surface area contributed by atoms with Crippen molar-refractivity contribution < 1.29 is 19.1 Å². The lowest BCUT2D eigenvalue weighted by molar-refractivity contribution is -0.122. The maximum atomic E-state index is 13.1. The molecule has 1 heterocycles. The number of carbonyl (C=O) groups excluding carboxylic acids is 3. The average molecular weight is 540 g/mol. The Morgan fingerprint density at radius 2 is 1.79 bits per heavy atom. The third-order valence-electron chi connectivity index (χ3n) is 5.30. The van der Waals surface area contributed by atoms with E-state index in [0.717, 1.165) is 26.1 Å². The molecule has 1 saturated heterocycles. The zero-order chi connectivity index (χ0) is 24.4. The Morgan fingerprint density at radius 3 is 2.50 bits per heavy atom. The van der Waals surface area contributed by atoms with Crippen molar-refractivity contribution in [2.45, 2.75) is 20.5 Å². The molecule has 1 aliphatic heterocycles. The van der Waals surface area contributed by atoms with E-state index in [1.165, 1.54) is 6.08 Å². The number of aryl methyl sites for hydroxylation is 2. The van der Waals surface area contributed by atoms with Gasteiger partial charge in [0, 0.05) is 10.0 Å². The molecule has 0 radical (unpaired) electrons. The second-order valence-corrected chi connectivity index (χ2v) is 9.08. The van der Waals surface area contributed by atoms with E-state index in [9.17, 15) is 14.4 Å². The van der Waals surface area contributed by atoms with Crippen LogP contribution in [0.5, 0.6) is 5.75 Å². The number of carbonyl (C=O) groups is 3. The van der Waals surface area contributed by atoms with E-state index >= 15 is 0 Å². The van der Waals surface area contributed by atoms with Gasteiger partial charge in [0.05, 0.1) is 10.7 Å². The van der Waals surface area contributed by atoms with Crippen LogP contribution in [0.25, 0.3) is 6.08 Å². The SMILES string of the molecule is Cc1ccc(N2C(=O)NC(=O)/C(=C\c3ccc(OCc4ccccc4Br)c(Cl)c3)C2=O)c(C)c1. The second kappa shape index (κ2) is 9.83. The molecule has 34 heavy (non-hydrogen) atoms. The zero-order valence-electron chi connectivity index (χ0n) is 18.4. The van der Waals surface area contributed by atoms with Crippen molar-refractivity contribution >= 4 is 57.1 Å². The minimum absolute atomic E-state index is 0.169. The van der Waals surface area contributed by atoms with E-state index in [1.807, 2.05) is 37.3 Å². The van der Waals surface area contributed by atoms with Gasteiger partial charge in [-0.2, -0.15) is 0 Å². The van der Waals surface area contributed by atoms with Crippen LogP contribution >= 0.6 is 27.5 Å². The number of amides is 4. The summed E-state index contributed by atoms with van der Waals surface area (Å²) in [6.07, 6.45) is 1.41. The predicted octanol–water partition coefficient (Wildman–Crippen LogP) is 5.96. The molecule has 0 atom stereocenters. The average Bonchev–Trinajstić information content (AvgIpc) is 2.78. The molecule has 0 spiro atoms. The number of halogens is 2. The molecule has 0 unspecified atom stereocenters. The van der Waals surface area contributed by atoms with E-state index in [1.54, 1.807) is 37.3 Å². The fourth-order valence-electron chi connectivity index (χ4n) is 3.59. The molecular weight excluding hydrogens is 520 g/mol. The number of anilines is 1. The first kappa shape index (κ1) is 23.7. The van der Waals surface area contributed by atoms with Crippen LogP contribution in [0.1, 0.15) is 22.3 Å². The molecule has 0 saturated carbocycles. The zero-order valence-corrected chi connectivity index (χ0v) is 20.7. The molecule has 8 heteroatoms. The Hall–Kier alpha value is -3.42. The number of urea groups is 1. The fourth-order valence-corrected chi connectivity index (χ4v) is 4.24. The van der Waals surface area contributed by atoms with Crippen LogP contribution in [0.2, 0.25) is 5.02 Å². The molecule has 4 rings (SSSR count). The van der Waals surface area contributed by atoms with Crippen LogP contribution < -0.4 is 15.0 Å². The van der Waals surface area contributed by atoms with Crippen molar-refractivity contribution in [3.8, 4) is 5.75 Å². The van der Waals surface area contributed by atoms with Crippen molar-refractivity contribution in [2.24, 2.45) is 0 Å². The first-order chi connectivity index (χ1) is 16.2. The molecule has 0 aromatic heterocycles. The number of imide groups is 2. The molecule has 1 N–H and O–H groups in total. The number of ether oxygens (including phenoxy) is 1. The number of hydrogen-bond donors (Lipinski definition) is 1. The van der Waals surface area contributed by atoms with E-state index < -0.39 is 17.8 Å². The summed E-state index contributed by atoms with van der Waals surface area (Å²) in [4.78, 5) is 39.1. The summed E-state index contributed by atoms with van der Waals surface area (Å²) in [6.45, 7) is 4.03. The molecule has 0 bridgehead atoms. The first-order valence-electron chi connectivity index (χ1n) is 10.4. The predicted molar refractivity (Wildman–Crippen MR) is 135 cm³/mol. The maximum Gasteiger partial charge on any atom is 0.335 e. The minimum Gasteiger partial charge on any atom is -0.487 e. The smallest absolute Gasteiger partial charge is 0.335 e. The van der Waals surface area contributed by atoms with Crippen molar-refractivity contribution in [1.29, 1.82) is 0 Å². The van der Waals surface area contributed by atoms with E-state index in [-0.39, 0.29) is 5.57 Å². The van der Waals surface area contributed by atoms with Gasteiger partial charge in [0.1, 0.15) is 17.9 Å². The summed E-state index contributed by atoms with van der Waals surface area (Å²) in [6, 6.07) is 17.2. The number of hydrogen-bond acceptors (Lipinski definition) is 4. The van der Waals surface area contributed by atoms with Crippen molar-refractivity contribution in [3.63, 3.8) is 0 Å². The number of barbiturate groups is 1. The van der Waals surface area contributed by atoms with Gasteiger partial charge in [-0.3, -0.25) is 14.9 Å². The summed E-state index contributed by atoms with van der Waals surface area (Å²) in [5.41, 5.74) is 3.47. The lowest BCUT2D eigenvalue weighted by Gasteiger charge is -2.27. The van der Waals surface area contributed by atoms with Crippen LogP contribution in [0, 0.1) is 13.8 Å². The highest BCUT2D eigenvalue weighted by atomic mass is 79.9. The van der Waals surface area contributed by atoms with E-state index in [4.69, 9.17) is 16.3 Å². The standard InChI is InChI=1S/C26H20BrClN2O4/c1-15-7-9-22(16(2)11-15)30-25(32)19(24(31)29-26(30)33)12-17-8-10-23(21(28)13-17)34-14-18-5-3-4-6-20(18)27/h3-13H,14H2,1-2H3,(H,29,31,33)/b19-12+. The number of nitrogens with zero attached hydrogens (tertiary/aromatic N) is 1. The molecule has 6 nitrogen and oxygen atoms in total. The van der Waals surface area contributed by atoms with Gasteiger partial charge in [0.25, 0.3) is 11.8 Å². The summed E-state index contributed by atoms with van der Waals surface area (Å²) in [5.74, 6) is -1.00. The minimum atomic E-state index is -0.784. The largest absolute Gasteiger partial charge is 0.487 e. The lowest BCUT2D eigenvalue weighted by Crippen LogP contribution is -2.54. The molecular formula is C26H20BrClN2O4. The molecule has 1 fully saturated rings. The quantitative estimate of drug-likeness (QED) is 0.320. The van der Waals surface area contributed by atoms with Gasteiger partial charge >= 0.3 is 6.03 Å². The topological polar surface area (TPSA) is 75.7 Å². The second-order valence-electron chi connectivity index (χ2n) is 7.82. The third kappa shape index (κ3) is 4.90. The van der Waals surface area contributed by atoms with Crippen molar-refractivity contribution in [2.75, 3.05) is 4.90 Å². The van der Waals surface area contributed by atoms with E-state index in [2.05, 4.69) is 21.2 Å². The van der Waals surface area contributed by atoms with Crippen LogP contribution in [0.15, 0.2) is 70.7 Å². The highest BCUT2D eigenvalue weighted by molar-refractivity contribution is 9.10. The molecule has 4 amide bonds. The van der Waals surface area contributed by atoms with Crippen LogP contribution in [-0.4, -0.2) is 17.8 Å². The Kier molecular flexibility index (Phi) is 6.86. The summed E-state index contributed by atoms with van der Waals surface area (Å²) in [7, 11) is 0. The highest BCUT2D eigenvalue weighted by Crippen LogP contribution is 2.30. The van der Waals surface area contributed by atoms with Gasteiger partial charge in [0.2, 0.25) is 0 Å². The first-order valence-corrected chi connectivity index (χ1v) is 11.6. The normalized spacial score (nSPS) is 15.0. The Bertz CT molecular complexity index is 1350. The molecule has 172 valence electrons. The van der Waals surface area contributed by atoms with Crippen molar-refractivity contribution in [3.05, 3.63) is 98.0 Å². The fraction of sp³-hybridized carbons (Fsp3) is 0.115. The monoisotopic (exact) mass is 538 g/mol. The number of rotatable bonds is 5. The summed E-state index contributed by atoms with van der Waals surface area (Å²) >= 11 is 9.87. The van der Waals surface area contributed by atoms with Gasteiger partial charge in [-0.1, -0.05) is 69.5 Å².